The molecule has 128 valence electrons. The summed E-state index contributed by atoms with van der Waals surface area (Å²) in [4.78, 5) is 7.14. The van der Waals surface area contributed by atoms with Gasteiger partial charge in [0.25, 0.3) is 0 Å². The highest BCUT2D eigenvalue weighted by Crippen LogP contribution is 2.25. The fourth-order valence-corrected chi connectivity index (χ4v) is 2.69. The fraction of sp³-hybridized carbons (Fsp3) is 0.611. The summed E-state index contributed by atoms with van der Waals surface area (Å²) < 4.78 is 13.2. The zero-order valence-electron chi connectivity index (χ0n) is 14.3. The lowest BCUT2D eigenvalue weighted by atomic mass is 10.1. The van der Waals surface area contributed by atoms with Gasteiger partial charge in [-0.25, -0.2) is 4.39 Å². The highest BCUT2D eigenvalue weighted by atomic mass is 19.1. The molecule has 1 fully saturated rings. The highest BCUT2D eigenvalue weighted by Gasteiger charge is 2.27. The van der Waals surface area contributed by atoms with Crippen LogP contribution in [-0.4, -0.2) is 49.6 Å². The van der Waals surface area contributed by atoms with Crippen molar-refractivity contribution in [1.29, 1.82) is 0 Å². The summed E-state index contributed by atoms with van der Waals surface area (Å²) in [6, 6.07) is 7.55. The van der Waals surface area contributed by atoms with Crippen molar-refractivity contribution in [3.8, 4) is 0 Å². The first kappa shape index (κ1) is 17.7. The largest absolute Gasteiger partial charge is 0.357 e. The first-order valence-corrected chi connectivity index (χ1v) is 8.73. The Morgan fingerprint density at radius 1 is 1.30 bits per heavy atom. The zero-order valence-corrected chi connectivity index (χ0v) is 14.3. The maximum Gasteiger partial charge on any atom is 0.191 e. The molecule has 5 heteroatoms. The number of likely N-dealkylation sites (N-methyl/N-ethyl adjacent to an activating group) is 1. The Morgan fingerprint density at radius 2 is 2.13 bits per heavy atom. The molecule has 0 unspecified atom stereocenters. The molecule has 0 heterocycles. The van der Waals surface area contributed by atoms with Crippen LogP contribution in [0.3, 0.4) is 0 Å². The quantitative estimate of drug-likeness (QED) is 0.542. The van der Waals surface area contributed by atoms with E-state index in [1.165, 1.54) is 18.9 Å². The molecule has 1 aromatic carbocycles. The summed E-state index contributed by atoms with van der Waals surface area (Å²) >= 11 is 0. The van der Waals surface area contributed by atoms with E-state index in [9.17, 15) is 4.39 Å². The molecule has 0 saturated heterocycles. The molecule has 0 spiro atoms. The van der Waals surface area contributed by atoms with Crippen LogP contribution in [0.2, 0.25) is 0 Å². The number of hydrogen-bond acceptors (Lipinski definition) is 2. The molecule has 23 heavy (non-hydrogen) atoms. The Balaban J connectivity index is 1.74. The van der Waals surface area contributed by atoms with Crippen molar-refractivity contribution in [2.24, 2.45) is 4.99 Å². The molecule has 2 rings (SSSR count). The summed E-state index contributed by atoms with van der Waals surface area (Å²) in [6.07, 6.45) is 3.46. The second-order valence-corrected chi connectivity index (χ2v) is 5.93. The van der Waals surface area contributed by atoms with Crippen LogP contribution in [0.4, 0.5) is 4.39 Å². The van der Waals surface area contributed by atoms with E-state index in [0.29, 0.717) is 0 Å². The van der Waals surface area contributed by atoms with Crippen LogP contribution in [0.5, 0.6) is 0 Å². The van der Waals surface area contributed by atoms with Crippen LogP contribution in [0.25, 0.3) is 0 Å². The van der Waals surface area contributed by atoms with Crippen LogP contribution in [-0.2, 0) is 6.42 Å². The van der Waals surface area contributed by atoms with E-state index >= 15 is 0 Å². The molecule has 0 aliphatic heterocycles. The van der Waals surface area contributed by atoms with Gasteiger partial charge in [0.1, 0.15) is 5.82 Å². The number of nitrogens with zero attached hydrogens (tertiary/aromatic N) is 2. The number of halogens is 1. The van der Waals surface area contributed by atoms with Gasteiger partial charge in [0.05, 0.1) is 6.54 Å². The van der Waals surface area contributed by atoms with Gasteiger partial charge in [0, 0.05) is 25.7 Å². The van der Waals surface area contributed by atoms with Gasteiger partial charge in [-0.05, 0) is 50.4 Å². The predicted octanol–water partition coefficient (Wildman–Crippen LogP) is 2.41. The van der Waals surface area contributed by atoms with Gasteiger partial charge in [-0.3, -0.25) is 9.89 Å². The van der Waals surface area contributed by atoms with Crippen LogP contribution in [0.15, 0.2) is 29.3 Å². The van der Waals surface area contributed by atoms with E-state index in [1.807, 2.05) is 6.07 Å². The number of guanidine groups is 1. The monoisotopic (exact) mass is 320 g/mol. The Hall–Kier alpha value is -1.62. The SMILES string of the molecule is CCNC(=NCCN(CC)C1CC1)NCCc1cccc(F)c1. The number of aliphatic imine (C=N–C) groups is 1. The molecule has 0 atom stereocenters. The summed E-state index contributed by atoms with van der Waals surface area (Å²) in [5.74, 6) is 0.665. The average Bonchev–Trinajstić information content (AvgIpc) is 3.36. The Kier molecular flexibility index (Phi) is 7.33. The molecular weight excluding hydrogens is 291 g/mol. The van der Waals surface area contributed by atoms with Gasteiger partial charge in [-0.1, -0.05) is 19.1 Å². The molecule has 4 nitrogen and oxygen atoms in total. The van der Waals surface area contributed by atoms with Crippen molar-refractivity contribution in [3.05, 3.63) is 35.6 Å². The average molecular weight is 320 g/mol. The smallest absolute Gasteiger partial charge is 0.191 e. The first-order chi connectivity index (χ1) is 11.2. The van der Waals surface area contributed by atoms with Crippen molar-refractivity contribution in [2.45, 2.75) is 39.2 Å². The lowest BCUT2D eigenvalue weighted by Crippen LogP contribution is -2.39. The maximum absolute atomic E-state index is 13.2. The van der Waals surface area contributed by atoms with Crippen molar-refractivity contribution >= 4 is 5.96 Å². The Morgan fingerprint density at radius 3 is 2.78 bits per heavy atom. The Bertz CT molecular complexity index is 500. The second-order valence-electron chi connectivity index (χ2n) is 5.93. The van der Waals surface area contributed by atoms with Crippen LogP contribution < -0.4 is 10.6 Å². The third-order valence-corrected chi connectivity index (χ3v) is 4.07. The normalized spacial score (nSPS) is 15.0. The minimum atomic E-state index is -0.178. The first-order valence-electron chi connectivity index (χ1n) is 8.73. The Labute approximate surface area is 139 Å². The topological polar surface area (TPSA) is 39.7 Å². The van der Waals surface area contributed by atoms with E-state index in [2.05, 4.69) is 34.4 Å². The van der Waals surface area contributed by atoms with E-state index in [1.54, 1.807) is 12.1 Å². The molecule has 0 bridgehead atoms. The molecule has 0 aromatic heterocycles. The van der Waals surface area contributed by atoms with E-state index in [0.717, 1.165) is 56.7 Å². The molecule has 1 aliphatic rings. The van der Waals surface area contributed by atoms with Crippen molar-refractivity contribution < 1.29 is 4.39 Å². The third-order valence-electron chi connectivity index (χ3n) is 4.07. The standard InChI is InChI=1S/C18H29FN4/c1-3-20-18(22-12-13-23(4-2)17-8-9-17)21-11-10-15-6-5-7-16(19)14-15/h5-7,14,17H,3-4,8-13H2,1-2H3,(H2,20,21,22). The summed E-state index contributed by atoms with van der Waals surface area (Å²) in [5, 5.41) is 6.59. The van der Waals surface area contributed by atoms with Gasteiger partial charge >= 0.3 is 0 Å². The van der Waals surface area contributed by atoms with Gasteiger partial charge in [0.2, 0.25) is 0 Å². The van der Waals surface area contributed by atoms with Gasteiger partial charge in [-0.2, -0.15) is 0 Å². The third kappa shape index (κ3) is 6.57. The van der Waals surface area contributed by atoms with Crippen LogP contribution in [0, 0.1) is 5.82 Å². The maximum atomic E-state index is 13.2. The number of hydrogen-bond donors (Lipinski definition) is 2. The summed E-state index contributed by atoms with van der Waals surface area (Å²) in [6.45, 7) is 8.78. The number of benzene rings is 1. The second kappa shape index (κ2) is 9.50. The van der Waals surface area contributed by atoms with Gasteiger partial charge < -0.3 is 10.6 Å². The van der Waals surface area contributed by atoms with Gasteiger partial charge in [-0.15, -0.1) is 0 Å². The van der Waals surface area contributed by atoms with Crippen molar-refractivity contribution in [3.63, 3.8) is 0 Å². The molecule has 0 radical (unpaired) electrons. The van der Waals surface area contributed by atoms with Crippen LogP contribution in [0.1, 0.15) is 32.3 Å². The van der Waals surface area contributed by atoms with Crippen LogP contribution >= 0.6 is 0 Å². The lowest BCUT2D eigenvalue weighted by molar-refractivity contribution is 0.286. The summed E-state index contributed by atoms with van der Waals surface area (Å²) in [5.41, 5.74) is 0.999. The molecule has 1 aliphatic carbocycles. The van der Waals surface area contributed by atoms with Gasteiger partial charge in [0.15, 0.2) is 5.96 Å². The van der Waals surface area contributed by atoms with Crippen molar-refractivity contribution in [1.82, 2.24) is 15.5 Å². The summed E-state index contributed by atoms with van der Waals surface area (Å²) in [7, 11) is 0. The predicted molar refractivity (Wildman–Crippen MR) is 94.4 cm³/mol. The molecule has 1 saturated carbocycles. The van der Waals surface area contributed by atoms with E-state index in [4.69, 9.17) is 0 Å². The molecular formula is C18H29FN4. The molecule has 2 N–H and O–H groups in total. The zero-order chi connectivity index (χ0) is 16.5. The molecule has 1 aromatic rings. The minimum absolute atomic E-state index is 0.178. The minimum Gasteiger partial charge on any atom is -0.357 e. The van der Waals surface area contributed by atoms with E-state index in [-0.39, 0.29) is 5.82 Å². The number of rotatable bonds is 9. The number of nitrogens with one attached hydrogen (secondary N) is 2. The lowest BCUT2D eigenvalue weighted by Gasteiger charge is -2.19. The van der Waals surface area contributed by atoms with Crippen molar-refractivity contribution in [2.75, 3.05) is 32.7 Å². The fourth-order valence-electron chi connectivity index (χ4n) is 2.69. The highest BCUT2D eigenvalue weighted by molar-refractivity contribution is 5.79. The van der Waals surface area contributed by atoms with E-state index < -0.39 is 0 Å². The molecule has 0 amide bonds.